The molecule has 4 rings (SSSR count). The number of nitrogens with two attached hydrogens (primary N) is 1. The molecule has 0 saturated carbocycles. The molecule has 0 spiro atoms. The van der Waals surface area contributed by atoms with E-state index >= 15 is 0 Å². The van der Waals surface area contributed by atoms with Gasteiger partial charge in [0.05, 0.1) is 22.3 Å². The monoisotopic (exact) mass is 587 g/mol. The van der Waals surface area contributed by atoms with E-state index in [0.717, 1.165) is 12.1 Å². The first-order valence-corrected chi connectivity index (χ1v) is 13.2. The summed E-state index contributed by atoms with van der Waals surface area (Å²) >= 11 is 6.11. The van der Waals surface area contributed by atoms with E-state index in [4.69, 9.17) is 22.1 Å². The van der Waals surface area contributed by atoms with E-state index in [0.29, 0.717) is 11.3 Å². The molecule has 0 radical (unpaired) electrons. The second-order valence-electron chi connectivity index (χ2n) is 8.38. The lowest BCUT2D eigenvalue weighted by Crippen LogP contribution is -2.26. The fraction of sp³-hybridized carbons (Fsp3) is 0.208. The lowest BCUT2D eigenvalue weighted by atomic mass is 10.1. The van der Waals surface area contributed by atoms with Gasteiger partial charge in [-0.2, -0.15) is 18.3 Å². The van der Waals surface area contributed by atoms with Crippen molar-refractivity contribution in [3.8, 4) is 5.75 Å². The van der Waals surface area contributed by atoms with Crippen LogP contribution in [0.4, 0.5) is 28.9 Å². The van der Waals surface area contributed by atoms with E-state index in [1.54, 1.807) is 0 Å². The number of hydrogen-bond donors (Lipinski definition) is 5. The fourth-order valence-electron chi connectivity index (χ4n) is 3.66. The maximum atomic E-state index is 14.1. The van der Waals surface area contributed by atoms with E-state index in [1.807, 2.05) is 0 Å². The first-order valence-electron chi connectivity index (χ1n) is 11.3. The van der Waals surface area contributed by atoms with Crippen molar-refractivity contribution in [1.29, 1.82) is 0 Å². The summed E-state index contributed by atoms with van der Waals surface area (Å²) in [7, 11) is -4.37. The van der Waals surface area contributed by atoms with Crippen LogP contribution in [0.5, 0.6) is 5.75 Å². The Bertz CT molecular complexity index is 1600. The largest absolute Gasteiger partial charge is 0.492 e. The van der Waals surface area contributed by atoms with Gasteiger partial charge in [-0.25, -0.2) is 12.8 Å². The van der Waals surface area contributed by atoms with Crippen molar-refractivity contribution in [2.75, 3.05) is 30.2 Å². The summed E-state index contributed by atoms with van der Waals surface area (Å²) in [6.45, 7) is 0.457. The molecule has 1 atom stereocenters. The highest BCUT2D eigenvalue weighted by atomic mass is 35.5. The summed E-state index contributed by atoms with van der Waals surface area (Å²) in [5.74, 6) is -0.667. The molecule has 1 heterocycles. The fourth-order valence-corrected chi connectivity index (χ4v) is 5.06. The van der Waals surface area contributed by atoms with Crippen molar-refractivity contribution in [2.45, 2.75) is 17.2 Å². The number of nitrogen functional groups attached to an aromatic ring is 1. The Balaban J connectivity index is 1.32. The number of fused-ring (bicyclic) bond motifs is 1. The first kappa shape index (κ1) is 28.4. The Morgan fingerprint density at radius 1 is 1.13 bits per heavy atom. The van der Waals surface area contributed by atoms with E-state index in [-0.39, 0.29) is 47.0 Å². The van der Waals surface area contributed by atoms with E-state index < -0.39 is 38.7 Å². The highest BCUT2D eigenvalue weighted by Gasteiger charge is 2.35. The predicted molar refractivity (Wildman–Crippen MR) is 137 cm³/mol. The quantitative estimate of drug-likeness (QED) is 0.105. The number of benzene rings is 3. The molecule has 0 amide bonds. The molecule has 3 aromatic carbocycles. The number of hydrogen-bond acceptors (Lipinski definition) is 7. The molecule has 0 saturated heterocycles. The van der Waals surface area contributed by atoms with Crippen LogP contribution in [0, 0.1) is 5.82 Å². The molecule has 4 aromatic rings. The number of aliphatic hydroxyl groups is 1. The number of halogens is 5. The molecule has 208 valence electrons. The topological polar surface area (TPSA) is 142 Å². The van der Waals surface area contributed by atoms with Crippen LogP contribution in [-0.4, -0.2) is 43.4 Å². The number of nitrogens with zero attached hydrogens (tertiary/aromatic N) is 1. The maximum Gasteiger partial charge on any atom is 0.435 e. The van der Waals surface area contributed by atoms with Gasteiger partial charge in [-0.3, -0.25) is 9.82 Å². The van der Waals surface area contributed by atoms with Crippen molar-refractivity contribution >= 4 is 43.9 Å². The minimum atomic E-state index is -4.57. The number of anilines is 2. The van der Waals surface area contributed by atoms with E-state index in [1.165, 1.54) is 42.5 Å². The average Bonchev–Trinajstić information content (AvgIpc) is 3.30. The minimum absolute atomic E-state index is 0.0248. The number of alkyl halides is 3. The zero-order chi connectivity index (χ0) is 28.4. The van der Waals surface area contributed by atoms with Gasteiger partial charge in [0, 0.05) is 30.2 Å². The van der Waals surface area contributed by atoms with Crippen LogP contribution in [0.15, 0.2) is 59.5 Å². The molecular formula is C24H22ClF4N5O4S. The maximum absolute atomic E-state index is 14.1. The van der Waals surface area contributed by atoms with Gasteiger partial charge in [0.15, 0.2) is 5.69 Å². The van der Waals surface area contributed by atoms with Crippen LogP contribution in [0.25, 0.3) is 10.9 Å². The summed E-state index contributed by atoms with van der Waals surface area (Å²) in [5.41, 5.74) is 5.06. The Labute approximate surface area is 225 Å². The van der Waals surface area contributed by atoms with Gasteiger partial charge < -0.3 is 20.9 Å². The van der Waals surface area contributed by atoms with Gasteiger partial charge in [-0.1, -0.05) is 17.7 Å². The third kappa shape index (κ3) is 6.71. The standard InChI is InChI=1S/C24H22ClF4N5O4S/c25-17-5-1-13(9-20(17)34-39(36,37)22-10-14(30)2-6-18(22)26)21(35)12-31-7-8-38-15-3-4-16-19(11-15)32-33-23(16)24(27,28)29/h1-6,9-11,21,31,34-35H,7-8,12,30H2,(H,32,33)/t21-/m0/s1. The number of nitrogens with one attached hydrogen (secondary N) is 3. The normalized spacial score (nSPS) is 13.0. The van der Waals surface area contributed by atoms with Crippen molar-refractivity contribution in [1.82, 2.24) is 15.5 Å². The highest BCUT2D eigenvalue weighted by Crippen LogP contribution is 2.34. The Hall–Kier alpha value is -3.59. The van der Waals surface area contributed by atoms with E-state index in [9.17, 15) is 31.1 Å². The third-order valence-corrected chi connectivity index (χ3v) is 7.26. The number of H-pyrrole nitrogens is 1. The van der Waals surface area contributed by atoms with Crippen LogP contribution in [0.3, 0.4) is 0 Å². The summed E-state index contributed by atoms with van der Waals surface area (Å²) < 4.78 is 86.0. The van der Waals surface area contributed by atoms with E-state index in [2.05, 4.69) is 20.2 Å². The molecule has 0 fully saturated rings. The zero-order valence-corrected chi connectivity index (χ0v) is 21.5. The molecule has 0 aliphatic heterocycles. The molecule has 1 aromatic heterocycles. The molecule has 0 bridgehead atoms. The number of ether oxygens (including phenoxy) is 1. The van der Waals surface area contributed by atoms with Gasteiger partial charge in [0.2, 0.25) is 0 Å². The lowest BCUT2D eigenvalue weighted by Gasteiger charge is -2.16. The summed E-state index contributed by atoms with van der Waals surface area (Å²) in [6, 6.07) is 11.4. The number of aromatic amines is 1. The summed E-state index contributed by atoms with van der Waals surface area (Å²) in [4.78, 5) is -0.654. The Morgan fingerprint density at radius 2 is 1.90 bits per heavy atom. The third-order valence-electron chi connectivity index (χ3n) is 5.55. The van der Waals surface area contributed by atoms with Crippen LogP contribution in [0.2, 0.25) is 5.02 Å². The highest BCUT2D eigenvalue weighted by molar-refractivity contribution is 7.92. The molecular weight excluding hydrogens is 566 g/mol. The molecule has 0 aliphatic carbocycles. The number of aromatic nitrogens is 2. The lowest BCUT2D eigenvalue weighted by molar-refractivity contribution is -0.139. The van der Waals surface area contributed by atoms with Gasteiger partial charge in [-0.15, -0.1) is 0 Å². The van der Waals surface area contributed by atoms with Crippen molar-refractivity contribution in [3.63, 3.8) is 0 Å². The van der Waals surface area contributed by atoms with Gasteiger partial charge in [0.25, 0.3) is 10.0 Å². The second-order valence-corrected chi connectivity index (χ2v) is 10.4. The van der Waals surface area contributed by atoms with Gasteiger partial charge >= 0.3 is 6.18 Å². The Kier molecular flexibility index (Phi) is 8.20. The van der Waals surface area contributed by atoms with Gasteiger partial charge in [0.1, 0.15) is 23.1 Å². The summed E-state index contributed by atoms with van der Waals surface area (Å²) in [5, 5.41) is 19.1. The average molecular weight is 588 g/mol. The Morgan fingerprint density at radius 3 is 2.64 bits per heavy atom. The molecule has 6 N–H and O–H groups in total. The predicted octanol–water partition coefficient (Wildman–Crippen LogP) is 4.46. The SMILES string of the molecule is Nc1ccc(F)c(S(=O)(=O)Nc2cc([C@@H](O)CNCCOc3ccc4c(C(F)(F)F)n[nH]c4c3)ccc2Cl)c1. The second kappa shape index (κ2) is 11.3. The smallest absolute Gasteiger partial charge is 0.435 e. The molecule has 0 unspecified atom stereocenters. The molecule has 39 heavy (non-hydrogen) atoms. The zero-order valence-electron chi connectivity index (χ0n) is 19.9. The van der Waals surface area contributed by atoms with Crippen LogP contribution < -0.4 is 20.5 Å². The number of sulfonamides is 1. The van der Waals surface area contributed by atoms with Crippen LogP contribution in [0.1, 0.15) is 17.4 Å². The molecule has 9 nitrogen and oxygen atoms in total. The van der Waals surface area contributed by atoms with Crippen molar-refractivity contribution in [3.05, 3.63) is 76.7 Å². The van der Waals surface area contributed by atoms with Crippen LogP contribution >= 0.6 is 11.6 Å². The van der Waals surface area contributed by atoms with Crippen molar-refractivity contribution < 1.29 is 35.8 Å². The van der Waals surface area contributed by atoms with Crippen molar-refractivity contribution in [2.24, 2.45) is 0 Å². The molecule has 15 heteroatoms. The first-order chi connectivity index (χ1) is 18.3. The van der Waals surface area contributed by atoms with Crippen LogP contribution in [-0.2, 0) is 16.2 Å². The number of rotatable bonds is 10. The minimum Gasteiger partial charge on any atom is -0.492 e. The number of aliphatic hydroxyl groups excluding tert-OH is 1. The van der Waals surface area contributed by atoms with Gasteiger partial charge in [-0.05, 0) is 48.0 Å². The summed E-state index contributed by atoms with van der Waals surface area (Å²) in [6.07, 6.45) is -5.65. The molecule has 0 aliphatic rings.